The molecule has 2 aliphatic rings. The van der Waals surface area contributed by atoms with Crippen LogP contribution in [0.3, 0.4) is 0 Å². The van der Waals surface area contributed by atoms with E-state index >= 15 is 0 Å². The summed E-state index contributed by atoms with van der Waals surface area (Å²) < 4.78 is 0. The Morgan fingerprint density at radius 3 is 2.28 bits per heavy atom. The van der Waals surface area contributed by atoms with Crippen molar-refractivity contribution in [3.63, 3.8) is 0 Å². The molecule has 0 bridgehead atoms. The average molecular weight is 401 g/mol. The molecule has 0 spiro atoms. The van der Waals surface area contributed by atoms with E-state index in [2.05, 4.69) is 20.4 Å². The summed E-state index contributed by atoms with van der Waals surface area (Å²) in [4.78, 5) is 29.5. The highest BCUT2D eigenvalue weighted by Gasteiger charge is 2.28. The third kappa shape index (κ3) is 6.03. The lowest BCUT2D eigenvalue weighted by Gasteiger charge is -2.37. The summed E-state index contributed by atoms with van der Waals surface area (Å²) in [6.07, 6.45) is 5.97. The molecule has 2 amide bonds. The van der Waals surface area contributed by atoms with Crippen LogP contribution in [-0.4, -0.2) is 66.4 Å². The van der Waals surface area contributed by atoms with Gasteiger partial charge in [-0.3, -0.25) is 19.4 Å². The van der Waals surface area contributed by atoms with Crippen molar-refractivity contribution < 1.29 is 9.59 Å². The molecule has 1 atom stereocenters. The Labute approximate surface area is 175 Å². The molecule has 1 saturated carbocycles. The van der Waals surface area contributed by atoms with Crippen molar-refractivity contribution in [1.82, 2.24) is 15.1 Å². The summed E-state index contributed by atoms with van der Waals surface area (Å²) in [5.41, 5.74) is 3.09. The number of carbonyl (C=O) groups is 2. The number of benzene rings is 1. The van der Waals surface area contributed by atoms with Gasteiger partial charge >= 0.3 is 0 Å². The van der Waals surface area contributed by atoms with E-state index < -0.39 is 0 Å². The molecule has 3 rings (SSSR count). The number of rotatable bonds is 6. The minimum Gasteiger partial charge on any atom is -0.352 e. The van der Waals surface area contributed by atoms with Crippen LogP contribution in [0.15, 0.2) is 18.2 Å². The van der Waals surface area contributed by atoms with E-state index in [1.807, 2.05) is 39.0 Å². The van der Waals surface area contributed by atoms with E-state index in [1.165, 1.54) is 19.3 Å². The van der Waals surface area contributed by atoms with Crippen LogP contribution in [0.5, 0.6) is 0 Å². The van der Waals surface area contributed by atoms with Gasteiger partial charge in [0.25, 0.3) is 0 Å². The molecule has 2 fully saturated rings. The second-order valence-corrected chi connectivity index (χ2v) is 8.65. The van der Waals surface area contributed by atoms with Crippen LogP contribution in [0.2, 0.25) is 0 Å². The standard InChI is InChI=1S/C23H36N4O2/c1-17-8-7-9-18(2)22(17)25-21(28)16-26-12-14-27(15-13-26)19(3)23(29)24-20-10-5-4-6-11-20/h7-9,19-20H,4-6,10-16H2,1-3H3,(H,24,29)(H,25,28). The van der Waals surface area contributed by atoms with Gasteiger partial charge in [-0.15, -0.1) is 0 Å². The fourth-order valence-electron chi connectivity index (χ4n) is 4.44. The summed E-state index contributed by atoms with van der Waals surface area (Å²) in [5.74, 6) is 0.178. The fraction of sp³-hybridized carbons (Fsp3) is 0.652. The highest BCUT2D eigenvalue weighted by Crippen LogP contribution is 2.20. The Hall–Kier alpha value is -1.92. The van der Waals surface area contributed by atoms with E-state index in [0.717, 1.165) is 55.8 Å². The first-order valence-electron chi connectivity index (χ1n) is 11.1. The normalized spacial score (nSPS) is 20.2. The lowest BCUT2D eigenvalue weighted by Crippen LogP contribution is -2.55. The molecular formula is C23H36N4O2. The van der Waals surface area contributed by atoms with Crippen LogP contribution in [0.1, 0.15) is 50.2 Å². The molecule has 0 radical (unpaired) electrons. The van der Waals surface area contributed by atoms with E-state index in [4.69, 9.17) is 0 Å². The largest absolute Gasteiger partial charge is 0.352 e. The molecule has 1 aliphatic heterocycles. The molecule has 1 heterocycles. The fourth-order valence-corrected chi connectivity index (χ4v) is 4.44. The van der Waals surface area contributed by atoms with Crippen LogP contribution in [-0.2, 0) is 9.59 Å². The van der Waals surface area contributed by atoms with Crippen LogP contribution in [0.25, 0.3) is 0 Å². The molecule has 6 nitrogen and oxygen atoms in total. The number of nitrogens with zero attached hydrogens (tertiary/aromatic N) is 2. The number of amides is 2. The van der Waals surface area contributed by atoms with Crippen LogP contribution in [0.4, 0.5) is 5.69 Å². The van der Waals surface area contributed by atoms with Gasteiger partial charge in [0.2, 0.25) is 11.8 Å². The van der Waals surface area contributed by atoms with Gasteiger partial charge in [0.15, 0.2) is 0 Å². The molecule has 6 heteroatoms. The first-order chi connectivity index (χ1) is 13.9. The van der Waals surface area contributed by atoms with Crippen molar-refractivity contribution in [2.75, 3.05) is 38.0 Å². The summed E-state index contributed by atoms with van der Waals surface area (Å²) in [6, 6.07) is 6.28. The number of anilines is 1. The summed E-state index contributed by atoms with van der Waals surface area (Å²) in [5, 5.41) is 6.30. The maximum atomic E-state index is 12.6. The van der Waals surface area contributed by atoms with Gasteiger partial charge in [0, 0.05) is 37.9 Å². The van der Waals surface area contributed by atoms with Crippen molar-refractivity contribution in [1.29, 1.82) is 0 Å². The summed E-state index contributed by atoms with van der Waals surface area (Å²) >= 11 is 0. The zero-order chi connectivity index (χ0) is 20.8. The summed E-state index contributed by atoms with van der Waals surface area (Å²) in [7, 11) is 0. The van der Waals surface area contributed by atoms with Gasteiger partial charge in [-0.1, -0.05) is 37.5 Å². The predicted molar refractivity (Wildman–Crippen MR) is 117 cm³/mol. The van der Waals surface area contributed by atoms with Crippen molar-refractivity contribution in [2.45, 2.75) is 65.0 Å². The van der Waals surface area contributed by atoms with Gasteiger partial charge < -0.3 is 10.6 Å². The Bertz CT molecular complexity index is 687. The number of nitrogens with one attached hydrogen (secondary N) is 2. The van der Waals surface area contributed by atoms with Crippen LogP contribution < -0.4 is 10.6 Å². The first kappa shape index (κ1) is 21.8. The van der Waals surface area contributed by atoms with Crippen molar-refractivity contribution in [2.24, 2.45) is 0 Å². The molecule has 160 valence electrons. The van der Waals surface area contributed by atoms with E-state index in [0.29, 0.717) is 12.6 Å². The van der Waals surface area contributed by atoms with E-state index in [-0.39, 0.29) is 17.9 Å². The van der Waals surface area contributed by atoms with Crippen molar-refractivity contribution >= 4 is 17.5 Å². The number of para-hydroxylation sites is 1. The zero-order valence-corrected chi connectivity index (χ0v) is 18.2. The molecule has 1 aromatic carbocycles. The van der Waals surface area contributed by atoms with Gasteiger partial charge in [-0.2, -0.15) is 0 Å². The average Bonchev–Trinajstić information content (AvgIpc) is 2.71. The third-order valence-electron chi connectivity index (χ3n) is 6.40. The SMILES string of the molecule is Cc1cccc(C)c1NC(=O)CN1CCN(C(C)C(=O)NC2CCCCC2)CC1. The maximum Gasteiger partial charge on any atom is 0.238 e. The topological polar surface area (TPSA) is 64.7 Å². The van der Waals surface area contributed by atoms with Gasteiger partial charge in [0.1, 0.15) is 0 Å². The Morgan fingerprint density at radius 1 is 1.03 bits per heavy atom. The monoisotopic (exact) mass is 400 g/mol. The number of hydrogen-bond acceptors (Lipinski definition) is 4. The maximum absolute atomic E-state index is 12.6. The Balaban J connectivity index is 1.42. The molecule has 1 saturated heterocycles. The zero-order valence-electron chi connectivity index (χ0n) is 18.2. The molecule has 1 aliphatic carbocycles. The number of piperazine rings is 1. The first-order valence-corrected chi connectivity index (χ1v) is 11.1. The number of hydrogen-bond donors (Lipinski definition) is 2. The molecule has 29 heavy (non-hydrogen) atoms. The van der Waals surface area contributed by atoms with E-state index in [1.54, 1.807) is 0 Å². The molecule has 1 unspecified atom stereocenters. The Morgan fingerprint density at radius 2 is 1.66 bits per heavy atom. The van der Waals surface area contributed by atoms with Crippen molar-refractivity contribution in [3.8, 4) is 0 Å². The minimum absolute atomic E-state index is 0.0268. The third-order valence-corrected chi connectivity index (χ3v) is 6.40. The van der Waals surface area contributed by atoms with E-state index in [9.17, 15) is 9.59 Å². The quantitative estimate of drug-likeness (QED) is 0.771. The molecular weight excluding hydrogens is 364 g/mol. The molecule has 1 aromatic rings. The molecule has 0 aromatic heterocycles. The number of aryl methyl sites for hydroxylation is 2. The molecule has 2 N–H and O–H groups in total. The Kier molecular flexibility index (Phi) is 7.67. The second kappa shape index (κ2) is 10.2. The second-order valence-electron chi connectivity index (χ2n) is 8.65. The predicted octanol–water partition coefficient (Wildman–Crippen LogP) is 2.70. The van der Waals surface area contributed by atoms with Gasteiger partial charge in [-0.05, 0) is 44.7 Å². The summed E-state index contributed by atoms with van der Waals surface area (Å²) in [6.45, 7) is 9.67. The minimum atomic E-state index is -0.109. The lowest BCUT2D eigenvalue weighted by atomic mass is 9.95. The highest BCUT2D eigenvalue weighted by molar-refractivity contribution is 5.93. The number of carbonyl (C=O) groups excluding carboxylic acids is 2. The van der Waals surface area contributed by atoms with Crippen molar-refractivity contribution in [3.05, 3.63) is 29.3 Å². The van der Waals surface area contributed by atoms with Crippen LogP contribution >= 0.6 is 0 Å². The van der Waals surface area contributed by atoms with Crippen LogP contribution in [0, 0.1) is 13.8 Å². The van der Waals surface area contributed by atoms with Gasteiger partial charge in [0.05, 0.1) is 12.6 Å². The smallest absolute Gasteiger partial charge is 0.238 e. The lowest BCUT2D eigenvalue weighted by molar-refractivity contribution is -0.128. The highest BCUT2D eigenvalue weighted by atomic mass is 16.2. The van der Waals surface area contributed by atoms with Gasteiger partial charge in [-0.25, -0.2) is 0 Å².